The first kappa shape index (κ1) is 9.43. The fourth-order valence-electron chi connectivity index (χ4n) is 0.869. The molecule has 0 heterocycles. The smallest absolute Gasteiger partial charge is 0.0980 e. The fraction of sp³-hybridized carbons (Fsp3) is 0.857. The Balaban J connectivity index is 3.65. The minimum atomic E-state index is 0.0787. The van der Waals surface area contributed by atoms with Gasteiger partial charge in [0.2, 0.25) is 0 Å². The first-order valence-corrected chi connectivity index (χ1v) is 3.69. The molecule has 0 aliphatic carbocycles. The zero-order chi connectivity index (χ0) is 7.98. The van der Waals surface area contributed by atoms with Crippen LogP contribution in [0.2, 0.25) is 0 Å². The van der Waals surface area contributed by atoms with Gasteiger partial charge in [0, 0.05) is 19.5 Å². The van der Waals surface area contributed by atoms with Crippen LogP contribution in [0.1, 0.15) is 20.3 Å². The van der Waals surface area contributed by atoms with E-state index in [9.17, 15) is 0 Å². The molecule has 0 aromatic heterocycles. The van der Waals surface area contributed by atoms with Gasteiger partial charge in [-0.2, -0.15) is 0 Å². The molecule has 0 saturated carbocycles. The summed E-state index contributed by atoms with van der Waals surface area (Å²) in [6.45, 7) is 5.81. The Morgan fingerprint density at radius 1 is 1.40 bits per heavy atom. The largest absolute Gasteiger partial charge is 0.396 e. The van der Waals surface area contributed by atoms with Crippen LogP contribution in [0.3, 0.4) is 0 Å². The van der Waals surface area contributed by atoms with Crippen LogP contribution in [-0.2, 0) is 0 Å². The maximum atomic E-state index is 8.51. The Labute approximate surface area is 62.2 Å². The standard InChI is InChI=1S/C7H16N2O/c1-3-9(4-2)7(8)5-6-10/h8,10H,3-6H2,1-2H3. The van der Waals surface area contributed by atoms with Crippen molar-refractivity contribution in [3.05, 3.63) is 0 Å². The Bertz CT molecular complexity index is 99.8. The van der Waals surface area contributed by atoms with E-state index < -0.39 is 0 Å². The van der Waals surface area contributed by atoms with Crippen molar-refractivity contribution in [3.8, 4) is 0 Å². The van der Waals surface area contributed by atoms with Crippen LogP contribution >= 0.6 is 0 Å². The van der Waals surface area contributed by atoms with Crippen LogP contribution in [0, 0.1) is 5.41 Å². The molecule has 60 valence electrons. The van der Waals surface area contributed by atoms with Gasteiger partial charge < -0.3 is 10.0 Å². The van der Waals surface area contributed by atoms with Crippen LogP contribution in [0.4, 0.5) is 0 Å². The number of aliphatic hydroxyl groups excluding tert-OH is 1. The summed E-state index contributed by atoms with van der Waals surface area (Å²) in [5.74, 6) is 0.535. The summed E-state index contributed by atoms with van der Waals surface area (Å²) in [5, 5.41) is 15.9. The van der Waals surface area contributed by atoms with Crippen LogP contribution in [0.5, 0.6) is 0 Å². The number of aliphatic hydroxyl groups is 1. The van der Waals surface area contributed by atoms with Crippen molar-refractivity contribution in [3.63, 3.8) is 0 Å². The number of rotatable bonds is 4. The van der Waals surface area contributed by atoms with Gasteiger partial charge >= 0.3 is 0 Å². The lowest BCUT2D eigenvalue weighted by molar-refractivity contribution is 0.299. The molecule has 0 rings (SSSR count). The third-order valence-electron chi connectivity index (χ3n) is 1.49. The van der Waals surface area contributed by atoms with E-state index in [1.54, 1.807) is 0 Å². The van der Waals surface area contributed by atoms with Gasteiger partial charge in [0.05, 0.1) is 12.4 Å². The quantitative estimate of drug-likeness (QED) is 0.450. The van der Waals surface area contributed by atoms with Crippen molar-refractivity contribution in [2.24, 2.45) is 0 Å². The normalized spacial score (nSPS) is 9.50. The number of hydrogen-bond acceptors (Lipinski definition) is 2. The van der Waals surface area contributed by atoms with Gasteiger partial charge in [-0.3, -0.25) is 5.41 Å². The van der Waals surface area contributed by atoms with Crippen molar-refractivity contribution < 1.29 is 5.11 Å². The molecule has 0 aliphatic rings. The molecule has 0 saturated heterocycles. The molecular weight excluding hydrogens is 128 g/mol. The van der Waals surface area contributed by atoms with E-state index in [4.69, 9.17) is 10.5 Å². The van der Waals surface area contributed by atoms with Gasteiger partial charge in [-0.1, -0.05) is 0 Å². The van der Waals surface area contributed by atoms with Crippen molar-refractivity contribution in [2.75, 3.05) is 19.7 Å². The highest BCUT2D eigenvalue weighted by molar-refractivity contribution is 5.79. The summed E-state index contributed by atoms with van der Waals surface area (Å²) in [6.07, 6.45) is 0.474. The molecule has 0 atom stereocenters. The monoisotopic (exact) mass is 144 g/mol. The van der Waals surface area contributed by atoms with Crippen molar-refractivity contribution >= 4 is 5.84 Å². The molecule has 0 aromatic rings. The zero-order valence-electron chi connectivity index (χ0n) is 6.72. The minimum Gasteiger partial charge on any atom is -0.396 e. The van der Waals surface area contributed by atoms with E-state index in [1.165, 1.54) is 0 Å². The predicted octanol–water partition coefficient (Wildman–Crippen LogP) is 0.688. The Morgan fingerprint density at radius 2 is 1.90 bits per heavy atom. The van der Waals surface area contributed by atoms with Gasteiger partial charge in [0.25, 0.3) is 0 Å². The van der Waals surface area contributed by atoms with Crippen molar-refractivity contribution in [1.29, 1.82) is 5.41 Å². The van der Waals surface area contributed by atoms with Crippen molar-refractivity contribution in [1.82, 2.24) is 4.90 Å². The molecule has 0 spiro atoms. The van der Waals surface area contributed by atoms with Gasteiger partial charge in [0.15, 0.2) is 0 Å². The lowest BCUT2D eigenvalue weighted by Gasteiger charge is -2.20. The summed E-state index contributed by atoms with van der Waals surface area (Å²) in [4.78, 5) is 1.93. The number of hydrogen-bond donors (Lipinski definition) is 2. The number of nitrogens with one attached hydrogen (secondary N) is 1. The molecule has 3 nitrogen and oxygen atoms in total. The first-order valence-electron chi connectivity index (χ1n) is 3.69. The lowest BCUT2D eigenvalue weighted by Crippen LogP contribution is -2.30. The van der Waals surface area contributed by atoms with Crippen LogP contribution in [0.25, 0.3) is 0 Å². The predicted molar refractivity (Wildman–Crippen MR) is 42.4 cm³/mol. The molecule has 0 aromatic carbocycles. The number of nitrogens with zero attached hydrogens (tertiary/aromatic N) is 1. The van der Waals surface area contributed by atoms with Crippen LogP contribution in [0.15, 0.2) is 0 Å². The SMILES string of the molecule is CCN(CC)C(=N)CCO. The lowest BCUT2D eigenvalue weighted by atomic mass is 10.3. The zero-order valence-corrected chi connectivity index (χ0v) is 6.72. The van der Waals surface area contributed by atoms with Crippen LogP contribution < -0.4 is 0 Å². The molecule has 0 bridgehead atoms. The second-order valence-corrected chi connectivity index (χ2v) is 2.09. The highest BCUT2D eigenvalue weighted by Gasteiger charge is 2.02. The number of amidine groups is 1. The van der Waals surface area contributed by atoms with E-state index >= 15 is 0 Å². The van der Waals surface area contributed by atoms with Gasteiger partial charge in [0.1, 0.15) is 0 Å². The Morgan fingerprint density at radius 3 is 2.20 bits per heavy atom. The maximum absolute atomic E-state index is 8.51. The molecule has 0 amide bonds. The molecule has 0 aliphatic heterocycles. The second kappa shape index (κ2) is 5.23. The maximum Gasteiger partial charge on any atom is 0.0980 e. The molecular formula is C7H16N2O. The molecule has 3 heteroatoms. The van der Waals surface area contributed by atoms with E-state index in [2.05, 4.69) is 0 Å². The Hall–Kier alpha value is -0.570. The molecule has 2 N–H and O–H groups in total. The summed E-state index contributed by atoms with van der Waals surface area (Å²) in [6, 6.07) is 0. The van der Waals surface area contributed by atoms with E-state index in [0.29, 0.717) is 12.3 Å². The first-order chi connectivity index (χ1) is 4.76. The Kier molecular flexibility index (Phi) is 4.94. The van der Waals surface area contributed by atoms with Gasteiger partial charge in [-0.05, 0) is 13.8 Å². The molecule has 0 radical (unpaired) electrons. The third kappa shape index (κ3) is 2.82. The third-order valence-corrected chi connectivity index (χ3v) is 1.49. The average Bonchev–Trinajstić information content (AvgIpc) is 1.91. The summed E-state index contributed by atoms with van der Waals surface area (Å²) in [7, 11) is 0. The molecule has 10 heavy (non-hydrogen) atoms. The average molecular weight is 144 g/mol. The fourth-order valence-corrected chi connectivity index (χ4v) is 0.869. The van der Waals surface area contributed by atoms with Gasteiger partial charge in [-0.25, -0.2) is 0 Å². The molecule has 0 unspecified atom stereocenters. The summed E-state index contributed by atoms with van der Waals surface area (Å²) in [5.41, 5.74) is 0. The minimum absolute atomic E-state index is 0.0787. The van der Waals surface area contributed by atoms with Crippen LogP contribution in [-0.4, -0.2) is 35.5 Å². The molecule has 0 fully saturated rings. The van der Waals surface area contributed by atoms with Gasteiger partial charge in [-0.15, -0.1) is 0 Å². The highest BCUT2D eigenvalue weighted by atomic mass is 16.3. The van der Waals surface area contributed by atoms with E-state index in [1.807, 2.05) is 18.7 Å². The highest BCUT2D eigenvalue weighted by Crippen LogP contribution is 1.92. The summed E-state index contributed by atoms with van der Waals surface area (Å²) < 4.78 is 0. The summed E-state index contributed by atoms with van der Waals surface area (Å²) >= 11 is 0. The topological polar surface area (TPSA) is 47.3 Å². The van der Waals surface area contributed by atoms with E-state index in [-0.39, 0.29) is 6.61 Å². The van der Waals surface area contributed by atoms with E-state index in [0.717, 1.165) is 13.1 Å². The second-order valence-electron chi connectivity index (χ2n) is 2.09. The van der Waals surface area contributed by atoms with Crippen molar-refractivity contribution in [2.45, 2.75) is 20.3 Å².